The maximum atomic E-state index is 12.6. The molecule has 0 radical (unpaired) electrons. The summed E-state index contributed by atoms with van der Waals surface area (Å²) in [5, 5.41) is 8.82. The van der Waals surface area contributed by atoms with Crippen molar-refractivity contribution in [3.05, 3.63) is 28.2 Å². The minimum absolute atomic E-state index is 0.00470. The molecule has 3 atom stereocenters. The molecule has 0 spiro atoms. The summed E-state index contributed by atoms with van der Waals surface area (Å²) in [6.45, 7) is 4.06. The van der Waals surface area contributed by atoms with Crippen molar-refractivity contribution in [2.24, 2.45) is 5.92 Å². The van der Waals surface area contributed by atoms with E-state index < -0.39 is 18.1 Å². The van der Waals surface area contributed by atoms with Crippen molar-refractivity contribution < 1.29 is 14.4 Å². The molecule has 0 bridgehead atoms. The SMILES string of the molecule is CC(C)[C@H]1NC(=O)[C@@H]2C[C@H](NC(=O)Nc3c(Cl)cccc3Cl)CN2C1=O. The Kier molecular flexibility index (Phi) is 5.29. The summed E-state index contributed by atoms with van der Waals surface area (Å²) in [7, 11) is 0. The highest BCUT2D eigenvalue weighted by molar-refractivity contribution is 6.39. The Morgan fingerprint density at radius 1 is 1.27 bits per heavy atom. The third-order valence-electron chi connectivity index (χ3n) is 4.65. The van der Waals surface area contributed by atoms with Crippen molar-refractivity contribution >= 4 is 46.7 Å². The number of rotatable bonds is 3. The fourth-order valence-electron chi connectivity index (χ4n) is 3.33. The minimum atomic E-state index is -0.549. The van der Waals surface area contributed by atoms with E-state index in [4.69, 9.17) is 23.2 Å². The molecule has 0 aliphatic carbocycles. The molecule has 2 aliphatic heterocycles. The highest BCUT2D eigenvalue weighted by atomic mass is 35.5. The highest BCUT2D eigenvalue weighted by Crippen LogP contribution is 2.30. The molecule has 1 aromatic carbocycles. The second kappa shape index (κ2) is 7.32. The van der Waals surface area contributed by atoms with Gasteiger partial charge >= 0.3 is 6.03 Å². The number of halogens is 2. The van der Waals surface area contributed by atoms with Gasteiger partial charge in [0.05, 0.1) is 21.8 Å². The van der Waals surface area contributed by atoms with Crippen LogP contribution >= 0.6 is 23.2 Å². The third kappa shape index (κ3) is 3.59. The molecule has 3 N–H and O–H groups in total. The van der Waals surface area contributed by atoms with Crippen LogP contribution in [0.1, 0.15) is 20.3 Å². The number of anilines is 1. The standard InChI is InChI=1S/C17H20Cl2N4O3/c1-8(2)13-16(25)23-7-9(6-12(23)15(24)21-13)20-17(26)22-14-10(18)4-3-5-11(14)19/h3-5,8-9,12-13H,6-7H2,1-2H3,(H,21,24)(H2,20,22,26)/t9-,12-,13+/m0/s1. The van der Waals surface area contributed by atoms with Gasteiger partial charge in [0.15, 0.2) is 0 Å². The van der Waals surface area contributed by atoms with Crippen molar-refractivity contribution in [3.8, 4) is 0 Å². The molecule has 0 unspecified atom stereocenters. The molecule has 7 nitrogen and oxygen atoms in total. The van der Waals surface area contributed by atoms with Crippen LogP contribution in [0.5, 0.6) is 0 Å². The fraction of sp³-hybridized carbons (Fsp3) is 0.471. The largest absolute Gasteiger partial charge is 0.342 e. The van der Waals surface area contributed by atoms with Gasteiger partial charge in [0, 0.05) is 6.54 Å². The number of nitrogens with zero attached hydrogens (tertiary/aromatic N) is 1. The number of carbonyl (C=O) groups is 3. The van der Waals surface area contributed by atoms with Crippen LogP contribution in [0, 0.1) is 5.92 Å². The van der Waals surface area contributed by atoms with Crippen LogP contribution < -0.4 is 16.0 Å². The topological polar surface area (TPSA) is 90.5 Å². The van der Waals surface area contributed by atoms with Crippen LogP contribution in [0.3, 0.4) is 0 Å². The lowest BCUT2D eigenvalue weighted by Crippen LogP contribution is -2.62. The lowest BCUT2D eigenvalue weighted by molar-refractivity contribution is -0.148. The first-order chi connectivity index (χ1) is 12.3. The maximum absolute atomic E-state index is 12.6. The summed E-state index contributed by atoms with van der Waals surface area (Å²) in [6.07, 6.45) is 0.367. The minimum Gasteiger partial charge on any atom is -0.342 e. The molecule has 0 aromatic heterocycles. The first-order valence-corrected chi connectivity index (χ1v) is 9.16. The van der Waals surface area contributed by atoms with Crippen LogP contribution in [0.4, 0.5) is 10.5 Å². The summed E-state index contributed by atoms with van der Waals surface area (Å²) in [6, 6.07) is 3.03. The zero-order chi connectivity index (χ0) is 19.0. The number of para-hydroxylation sites is 1. The molecule has 2 fully saturated rings. The maximum Gasteiger partial charge on any atom is 0.319 e. The average molecular weight is 399 g/mol. The third-order valence-corrected chi connectivity index (χ3v) is 5.28. The average Bonchev–Trinajstić information content (AvgIpc) is 2.99. The van der Waals surface area contributed by atoms with Gasteiger partial charge in [-0.1, -0.05) is 43.1 Å². The van der Waals surface area contributed by atoms with E-state index in [-0.39, 0.29) is 23.8 Å². The number of amides is 4. The van der Waals surface area contributed by atoms with Crippen molar-refractivity contribution in [2.75, 3.05) is 11.9 Å². The molecular weight excluding hydrogens is 379 g/mol. The second-order valence-corrected chi connectivity index (χ2v) is 7.68. The summed E-state index contributed by atoms with van der Waals surface area (Å²) in [5.41, 5.74) is 0.317. The summed E-state index contributed by atoms with van der Waals surface area (Å²) >= 11 is 12.1. The Balaban J connectivity index is 1.65. The van der Waals surface area contributed by atoms with Gasteiger partial charge in [0.25, 0.3) is 0 Å². The second-order valence-electron chi connectivity index (χ2n) is 6.86. The predicted octanol–water partition coefficient (Wildman–Crippen LogP) is 2.24. The van der Waals surface area contributed by atoms with E-state index in [0.29, 0.717) is 28.7 Å². The summed E-state index contributed by atoms with van der Waals surface area (Å²) in [4.78, 5) is 38.7. The normalized spacial score (nSPS) is 25.1. The number of urea groups is 1. The van der Waals surface area contributed by atoms with E-state index in [1.807, 2.05) is 13.8 Å². The van der Waals surface area contributed by atoms with E-state index >= 15 is 0 Å². The number of hydrogen-bond acceptors (Lipinski definition) is 3. The predicted molar refractivity (Wildman–Crippen MR) is 99.3 cm³/mol. The van der Waals surface area contributed by atoms with Gasteiger partial charge in [-0.3, -0.25) is 9.59 Å². The Morgan fingerprint density at radius 3 is 2.54 bits per heavy atom. The van der Waals surface area contributed by atoms with Crippen LogP contribution in [0.2, 0.25) is 10.0 Å². The Bertz CT molecular complexity index is 735. The lowest BCUT2D eigenvalue weighted by atomic mass is 9.98. The van der Waals surface area contributed by atoms with E-state index in [1.54, 1.807) is 23.1 Å². The molecule has 140 valence electrons. The number of nitrogens with one attached hydrogen (secondary N) is 3. The van der Waals surface area contributed by atoms with Crippen molar-refractivity contribution in [1.29, 1.82) is 0 Å². The molecule has 9 heteroatoms. The Morgan fingerprint density at radius 2 is 1.92 bits per heavy atom. The molecule has 2 aliphatic rings. The molecule has 0 saturated carbocycles. The lowest BCUT2D eigenvalue weighted by Gasteiger charge is -2.36. The molecule has 2 heterocycles. The van der Waals surface area contributed by atoms with Crippen molar-refractivity contribution in [2.45, 2.75) is 38.4 Å². The van der Waals surface area contributed by atoms with Crippen molar-refractivity contribution in [3.63, 3.8) is 0 Å². The van der Waals surface area contributed by atoms with Gasteiger partial charge in [-0.25, -0.2) is 4.79 Å². The van der Waals surface area contributed by atoms with Crippen LogP contribution in [0.15, 0.2) is 18.2 Å². The van der Waals surface area contributed by atoms with Gasteiger partial charge in [0.1, 0.15) is 12.1 Å². The van der Waals surface area contributed by atoms with Gasteiger partial charge < -0.3 is 20.9 Å². The van der Waals surface area contributed by atoms with E-state index in [0.717, 1.165) is 0 Å². The van der Waals surface area contributed by atoms with Crippen LogP contribution in [-0.2, 0) is 9.59 Å². The molecule has 2 saturated heterocycles. The smallest absolute Gasteiger partial charge is 0.319 e. The van der Waals surface area contributed by atoms with E-state index in [9.17, 15) is 14.4 Å². The molecule has 4 amide bonds. The number of benzene rings is 1. The fourth-order valence-corrected chi connectivity index (χ4v) is 3.82. The summed E-state index contributed by atoms with van der Waals surface area (Å²) in [5.74, 6) is -0.282. The Labute approximate surface area is 161 Å². The van der Waals surface area contributed by atoms with Crippen molar-refractivity contribution in [1.82, 2.24) is 15.5 Å². The number of piperazine rings is 1. The number of carbonyl (C=O) groups excluding carboxylic acids is 3. The Hall–Kier alpha value is -1.99. The summed E-state index contributed by atoms with van der Waals surface area (Å²) < 4.78 is 0. The quantitative estimate of drug-likeness (QED) is 0.728. The van der Waals surface area contributed by atoms with Crippen LogP contribution in [-0.4, -0.2) is 47.4 Å². The first-order valence-electron chi connectivity index (χ1n) is 8.40. The first kappa shape index (κ1) is 18.8. The van der Waals surface area contributed by atoms with Gasteiger partial charge in [0.2, 0.25) is 11.8 Å². The molecule has 3 rings (SSSR count). The molecular formula is C17H20Cl2N4O3. The molecule has 26 heavy (non-hydrogen) atoms. The van der Waals surface area contributed by atoms with Crippen LogP contribution in [0.25, 0.3) is 0 Å². The monoisotopic (exact) mass is 398 g/mol. The van der Waals surface area contributed by atoms with E-state index in [1.165, 1.54) is 0 Å². The zero-order valence-electron chi connectivity index (χ0n) is 14.4. The highest BCUT2D eigenvalue weighted by Gasteiger charge is 2.47. The van der Waals surface area contributed by atoms with Gasteiger partial charge in [-0.05, 0) is 24.5 Å². The van der Waals surface area contributed by atoms with Gasteiger partial charge in [-0.15, -0.1) is 0 Å². The number of hydrogen-bond donors (Lipinski definition) is 3. The molecule has 1 aromatic rings. The zero-order valence-corrected chi connectivity index (χ0v) is 15.9. The van der Waals surface area contributed by atoms with E-state index in [2.05, 4.69) is 16.0 Å². The number of fused-ring (bicyclic) bond motifs is 1. The van der Waals surface area contributed by atoms with Gasteiger partial charge in [-0.2, -0.15) is 0 Å².